The second-order valence-electron chi connectivity index (χ2n) is 6.65. The zero-order chi connectivity index (χ0) is 18.7. The SMILES string of the molecule is Cc1nc(C2=CC=CC(C)(c3ccccc3)N=C2)nc(-c2ccccc2)n1. The number of hydrogen-bond donors (Lipinski definition) is 0. The summed E-state index contributed by atoms with van der Waals surface area (Å²) in [6, 6.07) is 20.2. The van der Waals surface area contributed by atoms with Crippen molar-refractivity contribution < 1.29 is 0 Å². The molecule has 0 N–H and O–H groups in total. The van der Waals surface area contributed by atoms with E-state index in [0.29, 0.717) is 17.5 Å². The van der Waals surface area contributed by atoms with Crippen LogP contribution in [0.25, 0.3) is 17.0 Å². The van der Waals surface area contributed by atoms with E-state index in [0.717, 1.165) is 16.7 Å². The fourth-order valence-electron chi connectivity index (χ4n) is 3.03. The van der Waals surface area contributed by atoms with Crippen LogP contribution in [-0.4, -0.2) is 21.2 Å². The van der Waals surface area contributed by atoms with Crippen molar-refractivity contribution in [1.29, 1.82) is 0 Å². The van der Waals surface area contributed by atoms with Crippen LogP contribution in [-0.2, 0) is 5.54 Å². The summed E-state index contributed by atoms with van der Waals surface area (Å²) in [5, 5.41) is 0. The van der Waals surface area contributed by atoms with Crippen LogP contribution < -0.4 is 0 Å². The van der Waals surface area contributed by atoms with Crippen LogP contribution in [0.3, 0.4) is 0 Å². The van der Waals surface area contributed by atoms with Gasteiger partial charge in [0, 0.05) is 17.4 Å². The minimum absolute atomic E-state index is 0.413. The van der Waals surface area contributed by atoms with Crippen molar-refractivity contribution in [3.05, 3.63) is 96.1 Å². The van der Waals surface area contributed by atoms with Gasteiger partial charge in [-0.15, -0.1) is 0 Å². The number of aromatic nitrogens is 3. The normalized spacial score (nSPS) is 18.8. The summed E-state index contributed by atoms with van der Waals surface area (Å²) in [6.07, 6.45) is 7.98. The molecule has 1 aliphatic rings. The number of hydrogen-bond acceptors (Lipinski definition) is 4. The smallest absolute Gasteiger partial charge is 0.165 e. The molecule has 0 saturated heterocycles. The van der Waals surface area contributed by atoms with Gasteiger partial charge in [-0.05, 0) is 25.5 Å². The molecule has 0 saturated carbocycles. The Labute approximate surface area is 159 Å². The highest BCUT2D eigenvalue weighted by Gasteiger charge is 2.23. The van der Waals surface area contributed by atoms with Crippen LogP contribution >= 0.6 is 0 Å². The maximum Gasteiger partial charge on any atom is 0.165 e. The van der Waals surface area contributed by atoms with E-state index in [1.165, 1.54) is 0 Å². The van der Waals surface area contributed by atoms with Gasteiger partial charge < -0.3 is 0 Å². The Morgan fingerprint density at radius 3 is 2.19 bits per heavy atom. The van der Waals surface area contributed by atoms with Gasteiger partial charge in [0.05, 0.1) is 0 Å². The van der Waals surface area contributed by atoms with Crippen molar-refractivity contribution in [1.82, 2.24) is 15.0 Å². The fraction of sp³-hybridized carbons (Fsp3) is 0.130. The Morgan fingerprint density at radius 2 is 1.44 bits per heavy atom. The highest BCUT2D eigenvalue weighted by Crippen LogP contribution is 2.29. The lowest BCUT2D eigenvalue weighted by Crippen LogP contribution is -2.15. The second kappa shape index (κ2) is 7.08. The first kappa shape index (κ1) is 17.0. The van der Waals surface area contributed by atoms with Crippen molar-refractivity contribution in [2.24, 2.45) is 4.99 Å². The maximum absolute atomic E-state index is 4.83. The van der Waals surface area contributed by atoms with Crippen molar-refractivity contribution in [2.75, 3.05) is 0 Å². The van der Waals surface area contributed by atoms with Crippen LogP contribution in [0.15, 0.2) is 83.9 Å². The summed E-state index contributed by atoms with van der Waals surface area (Å²) < 4.78 is 0. The Bertz CT molecular complexity index is 1040. The molecule has 2 aromatic carbocycles. The Hall–Kier alpha value is -3.40. The van der Waals surface area contributed by atoms with E-state index in [2.05, 4.69) is 40.1 Å². The van der Waals surface area contributed by atoms with E-state index in [1.807, 2.05) is 73.8 Å². The quantitative estimate of drug-likeness (QED) is 0.681. The summed E-state index contributed by atoms with van der Waals surface area (Å²) in [5.41, 5.74) is 2.57. The van der Waals surface area contributed by atoms with E-state index in [-0.39, 0.29) is 0 Å². The van der Waals surface area contributed by atoms with E-state index in [4.69, 9.17) is 4.99 Å². The van der Waals surface area contributed by atoms with Gasteiger partial charge in [0.25, 0.3) is 0 Å². The van der Waals surface area contributed by atoms with Gasteiger partial charge in [0.1, 0.15) is 11.4 Å². The van der Waals surface area contributed by atoms with Crippen molar-refractivity contribution >= 4 is 11.8 Å². The average Bonchev–Trinajstić information content (AvgIpc) is 2.92. The minimum Gasteiger partial charge on any atom is -0.277 e. The molecule has 0 amide bonds. The topological polar surface area (TPSA) is 51.0 Å². The molecule has 0 aliphatic carbocycles. The molecule has 0 spiro atoms. The largest absolute Gasteiger partial charge is 0.277 e. The first-order valence-corrected chi connectivity index (χ1v) is 8.93. The molecule has 1 unspecified atom stereocenters. The Morgan fingerprint density at radius 1 is 0.778 bits per heavy atom. The number of benzene rings is 2. The molecule has 1 atom stereocenters. The van der Waals surface area contributed by atoms with Crippen LogP contribution in [0, 0.1) is 6.92 Å². The van der Waals surface area contributed by atoms with E-state index in [1.54, 1.807) is 0 Å². The number of aryl methyl sites for hydroxylation is 1. The average molecular weight is 352 g/mol. The first-order valence-electron chi connectivity index (χ1n) is 8.93. The summed E-state index contributed by atoms with van der Waals surface area (Å²) in [7, 11) is 0. The maximum atomic E-state index is 4.83. The third-order valence-electron chi connectivity index (χ3n) is 4.56. The monoisotopic (exact) mass is 352 g/mol. The molecule has 4 nitrogen and oxygen atoms in total. The van der Waals surface area contributed by atoms with E-state index >= 15 is 0 Å². The van der Waals surface area contributed by atoms with Gasteiger partial charge in [-0.25, -0.2) is 15.0 Å². The molecule has 4 rings (SSSR count). The summed E-state index contributed by atoms with van der Waals surface area (Å²) in [6.45, 7) is 3.98. The molecule has 1 aromatic heterocycles. The molecule has 4 heteroatoms. The number of rotatable bonds is 3. The lowest BCUT2D eigenvalue weighted by Gasteiger charge is -2.21. The minimum atomic E-state index is -0.413. The standard InChI is InChI=1S/C23H20N4/c1-17-25-21(18-10-5-3-6-11-18)27-22(26-17)19-12-9-15-23(2,24-16-19)20-13-7-4-8-14-20/h3-16H,1-2H3. The van der Waals surface area contributed by atoms with Gasteiger partial charge in [-0.3, -0.25) is 4.99 Å². The molecular weight excluding hydrogens is 332 g/mol. The van der Waals surface area contributed by atoms with Gasteiger partial charge in [-0.1, -0.05) is 72.8 Å². The summed E-state index contributed by atoms with van der Waals surface area (Å²) >= 11 is 0. The van der Waals surface area contributed by atoms with Gasteiger partial charge >= 0.3 is 0 Å². The van der Waals surface area contributed by atoms with Crippen molar-refractivity contribution in [3.8, 4) is 11.4 Å². The third-order valence-corrected chi connectivity index (χ3v) is 4.56. The molecule has 1 aliphatic heterocycles. The lowest BCUT2D eigenvalue weighted by molar-refractivity contribution is 0.638. The van der Waals surface area contributed by atoms with Crippen molar-refractivity contribution in [2.45, 2.75) is 19.4 Å². The van der Waals surface area contributed by atoms with Crippen LogP contribution in [0.4, 0.5) is 0 Å². The molecule has 132 valence electrons. The zero-order valence-corrected chi connectivity index (χ0v) is 15.4. The predicted molar refractivity (Wildman–Crippen MR) is 109 cm³/mol. The third kappa shape index (κ3) is 3.60. The van der Waals surface area contributed by atoms with Crippen LogP contribution in [0.5, 0.6) is 0 Å². The van der Waals surface area contributed by atoms with E-state index < -0.39 is 5.54 Å². The predicted octanol–water partition coefficient (Wildman–Crippen LogP) is 4.79. The Balaban J connectivity index is 1.71. The molecule has 2 heterocycles. The number of nitrogens with zero attached hydrogens (tertiary/aromatic N) is 4. The van der Waals surface area contributed by atoms with Gasteiger partial charge in [-0.2, -0.15) is 0 Å². The van der Waals surface area contributed by atoms with Gasteiger partial charge in [0.15, 0.2) is 11.6 Å². The highest BCUT2D eigenvalue weighted by molar-refractivity contribution is 6.09. The highest BCUT2D eigenvalue weighted by atomic mass is 15.0. The summed E-state index contributed by atoms with van der Waals surface area (Å²) in [5.74, 6) is 1.99. The first-order chi connectivity index (χ1) is 13.1. The fourth-order valence-corrected chi connectivity index (χ4v) is 3.03. The van der Waals surface area contributed by atoms with Crippen molar-refractivity contribution in [3.63, 3.8) is 0 Å². The number of aliphatic imine (C=N–C) groups is 1. The van der Waals surface area contributed by atoms with Gasteiger partial charge in [0.2, 0.25) is 0 Å². The zero-order valence-electron chi connectivity index (χ0n) is 15.4. The van der Waals surface area contributed by atoms with Crippen LogP contribution in [0.1, 0.15) is 24.1 Å². The molecular formula is C23H20N4. The molecule has 0 fully saturated rings. The molecule has 0 radical (unpaired) electrons. The lowest BCUT2D eigenvalue weighted by atomic mass is 9.92. The molecule has 27 heavy (non-hydrogen) atoms. The Kier molecular flexibility index (Phi) is 4.47. The van der Waals surface area contributed by atoms with E-state index in [9.17, 15) is 0 Å². The second-order valence-corrected chi connectivity index (χ2v) is 6.65. The molecule has 3 aromatic rings. The van der Waals surface area contributed by atoms with Crippen LogP contribution in [0.2, 0.25) is 0 Å². The summed E-state index contributed by atoms with van der Waals surface area (Å²) in [4.78, 5) is 18.5. The molecule has 0 bridgehead atoms. The number of allylic oxidation sites excluding steroid dienone is 3.